The van der Waals surface area contributed by atoms with Crippen LogP contribution in [0.25, 0.3) is 0 Å². The van der Waals surface area contributed by atoms with Gasteiger partial charge in [-0.3, -0.25) is 0 Å². The third-order valence-corrected chi connectivity index (χ3v) is 14.9. The van der Waals surface area contributed by atoms with Gasteiger partial charge < -0.3 is 5.11 Å². The van der Waals surface area contributed by atoms with E-state index in [2.05, 4.69) is 48.5 Å². The molecule has 0 radical (unpaired) electrons. The number of aliphatic hydroxyl groups is 1. The molecule has 0 saturated heterocycles. The maximum Gasteiger partial charge on any atom is 0.0599 e. The summed E-state index contributed by atoms with van der Waals surface area (Å²) >= 11 is 0. The number of hydrogen-bond donors (Lipinski definition) is 1. The van der Waals surface area contributed by atoms with Gasteiger partial charge in [0.05, 0.1) is 6.10 Å². The molecule has 0 aromatic heterocycles. The van der Waals surface area contributed by atoms with Gasteiger partial charge in [0, 0.05) is 0 Å². The van der Waals surface area contributed by atoms with Gasteiger partial charge >= 0.3 is 0 Å². The lowest BCUT2D eigenvalue weighted by Gasteiger charge is -2.47. The largest absolute Gasteiger partial charge is 0.393 e. The molecule has 0 amide bonds. The first-order valence-corrected chi connectivity index (χ1v) is 21.3. The average Bonchev–Trinajstić information content (AvgIpc) is 3.87. The third-order valence-electron chi connectivity index (χ3n) is 14.9. The smallest absolute Gasteiger partial charge is 0.0599 e. The van der Waals surface area contributed by atoms with Crippen LogP contribution in [0.15, 0.2) is 0 Å². The number of aliphatic hydroxyl groups excluding tert-OH is 1. The van der Waals surface area contributed by atoms with Gasteiger partial charge in [0.2, 0.25) is 0 Å². The van der Waals surface area contributed by atoms with Crippen molar-refractivity contribution in [2.45, 2.75) is 215 Å². The monoisotopic (exact) mass is 627 g/mol. The summed E-state index contributed by atoms with van der Waals surface area (Å²) in [6, 6.07) is 0. The minimum Gasteiger partial charge on any atom is -0.393 e. The molecule has 45 heavy (non-hydrogen) atoms. The second-order valence-corrected chi connectivity index (χ2v) is 19.1. The summed E-state index contributed by atoms with van der Waals surface area (Å²) in [5, 5.41) is 11.7. The molecule has 4 saturated carbocycles. The number of rotatable bonds is 18. The SMILES string of the molecule is CCCCC(CCCC(C1CC1)C(O)C1CCCC(C(C)(C)C)C1)CC(C)C1CCC2(CC1)CCC(C(CCC)CCC)CC2. The normalized spacial score (nSPS) is 32.5. The molecule has 264 valence electrons. The van der Waals surface area contributed by atoms with Crippen LogP contribution in [0.5, 0.6) is 0 Å². The quantitative estimate of drug-likeness (QED) is 0.160. The van der Waals surface area contributed by atoms with Gasteiger partial charge in [-0.1, -0.05) is 113 Å². The van der Waals surface area contributed by atoms with Gasteiger partial charge in [0.1, 0.15) is 0 Å². The molecule has 0 bridgehead atoms. The predicted octanol–water partition coefficient (Wildman–Crippen LogP) is 13.8. The molecule has 4 aliphatic carbocycles. The first-order valence-electron chi connectivity index (χ1n) is 21.3. The highest BCUT2D eigenvalue weighted by Crippen LogP contribution is 2.54. The van der Waals surface area contributed by atoms with Crippen LogP contribution >= 0.6 is 0 Å². The molecule has 4 rings (SSSR count). The molecule has 1 heteroatoms. The standard InChI is InChI=1S/C44H82O/c1-8-11-16-34(17-12-20-41(38-21-22-38)42(45)39-18-13-19-40(32-39)43(5,6)7)31-33(4)35-23-27-44(28-24-35)29-25-37(26-30-44)36(14-9-2)15-10-3/h33-42,45H,8-32H2,1-7H3. The number of hydrogen-bond acceptors (Lipinski definition) is 1. The van der Waals surface area contributed by atoms with E-state index < -0.39 is 0 Å². The summed E-state index contributed by atoms with van der Waals surface area (Å²) in [5.41, 5.74) is 1.11. The Morgan fingerprint density at radius 2 is 1.24 bits per heavy atom. The van der Waals surface area contributed by atoms with E-state index in [0.29, 0.717) is 17.3 Å². The Morgan fingerprint density at radius 1 is 0.644 bits per heavy atom. The Morgan fingerprint density at radius 3 is 1.80 bits per heavy atom. The Bertz CT molecular complexity index is 780. The third kappa shape index (κ3) is 11.2. The lowest BCUT2D eigenvalue weighted by atomic mass is 9.58. The topological polar surface area (TPSA) is 20.2 Å². The fraction of sp³-hybridized carbons (Fsp3) is 1.00. The van der Waals surface area contributed by atoms with E-state index in [-0.39, 0.29) is 6.10 Å². The molecule has 0 aromatic rings. The maximum atomic E-state index is 11.7. The van der Waals surface area contributed by atoms with Crippen LogP contribution in [-0.4, -0.2) is 11.2 Å². The van der Waals surface area contributed by atoms with E-state index in [4.69, 9.17) is 0 Å². The van der Waals surface area contributed by atoms with Crippen LogP contribution in [0.1, 0.15) is 209 Å². The van der Waals surface area contributed by atoms with E-state index in [0.717, 1.165) is 46.8 Å². The zero-order chi connectivity index (χ0) is 32.5. The molecular weight excluding hydrogens is 544 g/mol. The molecule has 1 nitrogen and oxygen atoms in total. The van der Waals surface area contributed by atoms with Crippen molar-refractivity contribution in [3.63, 3.8) is 0 Å². The molecule has 4 aliphatic rings. The fourth-order valence-corrected chi connectivity index (χ4v) is 11.5. The van der Waals surface area contributed by atoms with Gasteiger partial charge in [-0.25, -0.2) is 0 Å². The van der Waals surface area contributed by atoms with Crippen molar-refractivity contribution in [1.29, 1.82) is 0 Å². The van der Waals surface area contributed by atoms with Gasteiger partial charge in [0.15, 0.2) is 0 Å². The van der Waals surface area contributed by atoms with Crippen LogP contribution < -0.4 is 0 Å². The van der Waals surface area contributed by atoms with Crippen LogP contribution in [0.4, 0.5) is 0 Å². The zero-order valence-electron chi connectivity index (χ0n) is 31.9. The molecular formula is C44H82O. The van der Waals surface area contributed by atoms with Gasteiger partial charge in [-0.05, 0) is 160 Å². The highest BCUT2D eigenvalue weighted by molar-refractivity contribution is 4.94. The van der Waals surface area contributed by atoms with Crippen molar-refractivity contribution < 1.29 is 5.11 Å². The van der Waals surface area contributed by atoms with E-state index >= 15 is 0 Å². The van der Waals surface area contributed by atoms with Crippen LogP contribution in [0.2, 0.25) is 0 Å². The Kier molecular flexibility index (Phi) is 15.2. The van der Waals surface area contributed by atoms with Crippen molar-refractivity contribution in [2.24, 2.45) is 64.1 Å². The average molecular weight is 627 g/mol. The molecule has 6 atom stereocenters. The Balaban J connectivity index is 1.22. The number of unbranched alkanes of at least 4 members (excludes halogenated alkanes) is 1. The van der Waals surface area contributed by atoms with Crippen molar-refractivity contribution >= 4 is 0 Å². The maximum absolute atomic E-state index is 11.7. The summed E-state index contributed by atoms with van der Waals surface area (Å²) in [6.45, 7) is 17.1. The van der Waals surface area contributed by atoms with Crippen molar-refractivity contribution in [3.8, 4) is 0 Å². The highest BCUT2D eigenvalue weighted by atomic mass is 16.3. The Hall–Kier alpha value is -0.0400. The van der Waals surface area contributed by atoms with Gasteiger partial charge in [0.25, 0.3) is 0 Å². The predicted molar refractivity (Wildman–Crippen MR) is 197 cm³/mol. The van der Waals surface area contributed by atoms with Crippen LogP contribution in [0, 0.1) is 64.1 Å². The zero-order valence-corrected chi connectivity index (χ0v) is 31.9. The van der Waals surface area contributed by atoms with E-state index in [1.807, 2.05) is 0 Å². The van der Waals surface area contributed by atoms with E-state index in [1.54, 1.807) is 38.5 Å². The van der Waals surface area contributed by atoms with Gasteiger partial charge in [-0.2, -0.15) is 0 Å². The molecule has 0 aliphatic heterocycles. The molecule has 1 N–H and O–H groups in total. The fourth-order valence-electron chi connectivity index (χ4n) is 11.5. The Labute approximate surface area is 283 Å². The second kappa shape index (κ2) is 18.1. The summed E-state index contributed by atoms with van der Waals surface area (Å²) in [7, 11) is 0. The molecule has 0 heterocycles. The summed E-state index contributed by atoms with van der Waals surface area (Å²) in [5.74, 6) is 7.62. The second-order valence-electron chi connectivity index (χ2n) is 19.1. The lowest BCUT2D eigenvalue weighted by molar-refractivity contribution is -0.00433. The van der Waals surface area contributed by atoms with E-state index in [9.17, 15) is 5.11 Å². The molecule has 1 spiro atoms. The lowest BCUT2D eigenvalue weighted by Crippen LogP contribution is -2.37. The van der Waals surface area contributed by atoms with Crippen molar-refractivity contribution in [1.82, 2.24) is 0 Å². The summed E-state index contributed by atoms with van der Waals surface area (Å²) < 4.78 is 0. The first kappa shape index (κ1) is 37.8. The minimum absolute atomic E-state index is 0.0375. The van der Waals surface area contributed by atoms with Crippen LogP contribution in [-0.2, 0) is 0 Å². The minimum atomic E-state index is -0.0375. The van der Waals surface area contributed by atoms with Gasteiger partial charge in [-0.15, -0.1) is 0 Å². The molecule has 6 unspecified atom stereocenters. The first-order chi connectivity index (χ1) is 21.6. The summed E-state index contributed by atoms with van der Waals surface area (Å²) in [4.78, 5) is 0. The molecule has 4 fully saturated rings. The summed E-state index contributed by atoms with van der Waals surface area (Å²) in [6.07, 6.45) is 35.7. The molecule has 0 aromatic carbocycles. The van der Waals surface area contributed by atoms with Crippen molar-refractivity contribution in [2.75, 3.05) is 0 Å². The van der Waals surface area contributed by atoms with E-state index in [1.165, 1.54) is 122 Å². The van der Waals surface area contributed by atoms with Crippen molar-refractivity contribution in [3.05, 3.63) is 0 Å². The van der Waals surface area contributed by atoms with Crippen LogP contribution in [0.3, 0.4) is 0 Å². The highest BCUT2D eigenvalue weighted by Gasteiger charge is 2.43.